The number of hydrogen-bond acceptors (Lipinski definition) is 5. The van der Waals surface area contributed by atoms with E-state index in [0.29, 0.717) is 23.9 Å². The number of aromatic nitrogens is 1. The van der Waals surface area contributed by atoms with E-state index in [9.17, 15) is 10.1 Å². The van der Waals surface area contributed by atoms with Gasteiger partial charge in [0.05, 0.1) is 9.95 Å². The Morgan fingerprint density at radius 2 is 2.15 bits per heavy atom. The molecule has 1 aromatic heterocycles. The maximum absolute atomic E-state index is 10.7. The van der Waals surface area contributed by atoms with Crippen molar-refractivity contribution in [3.8, 4) is 0 Å². The van der Waals surface area contributed by atoms with Gasteiger partial charge < -0.3 is 9.80 Å². The fourth-order valence-electron chi connectivity index (χ4n) is 1.70. The van der Waals surface area contributed by atoms with Gasteiger partial charge in [0.15, 0.2) is 5.82 Å². The molecule has 0 N–H and O–H groups in total. The van der Waals surface area contributed by atoms with Crippen molar-refractivity contribution in [2.45, 2.75) is 13.5 Å². The molecule has 0 saturated heterocycles. The highest BCUT2D eigenvalue weighted by atomic mass is 35.5. The Morgan fingerprint density at radius 3 is 2.60 bits per heavy atom. The number of pyridine rings is 1. The summed E-state index contributed by atoms with van der Waals surface area (Å²) in [7, 11) is 3.51. The van der Waals surface area contributed by atoms with Crippen LogP contribution in [0.4, 0.5) is 0 Å². The third-order valence-corrected chi connectivity index (χ3v) is 3.30. The Morgan fingerprint density at radius 1 is 1.50 bits per heavy atom. The van der Waals surface area contributed by atoms with Gasteiger partial charge in [0.25, 0.3) is 6.20 Å². The van der Waals surface area contributed by atoms with E-state index in [4.69, 9.17) is 23.2 Å². The van der Waals surface area contributed by atoms with Crippen molar-refractivity contribution in [3.05, 3.63) is 50.1 Å². The quantitative estimate of drug-likeness (QED) is 0.458. The third-order valence-electron chi connectivity index (χ3n) is 2.61. The highest BCUT2D eigenvalue weighted by molar-refractivity contribution is 6.41. The summed E-state index contributed by atoms with van der Waals surface area (Å²) >= 11 is 11.7. The molecular weight excluding hydrogens is 303 g/mol. The smallest absolute Gasteiger partial charge is 0.274 e. The maximum atomic E-state index is 10.7. The van der Waals surface area contributed by atoms with Crippen LogP contribution >= 0.6 is 23.2 Å². The first-order chi connectivity index (χ1) is 9.35. The molecule has 0 radical (unpaired) electrons. The van der Waals surface area contributed by atoms with Crippen molar-refractivity contribution in [2.24, 2.45) is 0 Å². The average Bonchev–Trinajstić information content (AvgIpc) is 2.37. The first-order valence-electron chi connectivity index (χ1n) is 5.92. The van der Waals surface area contributed by atoms with Crippen LogP contribution in [0.25, 0.3) is 0 Å². The minimum Gasteiger partial charge on any atom is -0.359 e. The summed E-state index contributed by atoms with van der Waals surface area (Å²) < 4.78 is 0. The second-order valence-corrected chi connectivity index (χ2v) is 5.06. The van der Waals surface area contributed by atoms with E-state index >= 15 is 0 Å². The SMILES string of the molecule is CCN(Cc1cnc(Cl)c(Cl)c1)/C(=C/[N+](=O)[O-])N(C)C. The molecule has 110 valence electrons. The predicted octanol–water partition coefficient (Wildman–Crippen LogP) is 2.85. The van der Waals surface area contributed by atoms with E-state index in [1.165, 1.54) is 0 Å². The second-order valence-electron chi connectivity index (χ2n) is 4.30. The molecule has 20 heavy (non-hydrogen) atoms. The van der Waals surface area contributed by atoms with Crippen LogP contribution in [0.1, 0.15) is 12.5 Å². The van der Waals surface area contributed by atoms with Crippen LogP contribution in [0, 0.1) is 10.1 Å². The molecule has 1 aromatic rings. The van der Waals surface area contributed by atoms with Crippen molar-refractivity contribution in [3.63, 3.8) is 0 Å². The molecule has 0 bridgehead atoms. The summed E-state index contributed by atoms with van der Waals surface area (Å²) in [5, 5.41) is 11.3. The van der Waals surface area contributed by atoms with E-state index in [1.807, 2.05) is 11.8 Å². The van der Waals surface area contributed by atoms with E-state index in [2.05, 4.69) is 4.98 Å². The van der Waals surface area contributed by atoms with Gasteiger partial charge in [-0.2, -0.15) is 0 Å². The summed E-state index contributed by atoms with van der Waals surface area (Å²) in [5.41, 5.74) is 0.831. The zero-order valence-electron chi connectivity index (χ0n) is 11.5. The molecule has 0 fully saturated rings. The number of rotatable bonds is 6. The number of nitrogens with zero attached hydrogens (tertiary/aromatic N) is 4. The number of hydrogen-bond donors (Lipinski definition) is 0. The Labute approximate surface area is 127 Å². The van der Waals surface area contributed by atoms with Gasteiger partial charge in [0.1, 0.15) is 5.15 Å². The normalized spacial score (nSPS) is 11.3. The molecular formula is C12H16Cl2N4O2. The first kappa shape index (κ1) is 16.5. The number of halogens is 2. The molecule has 0 aromatic carbocycles. The molecule has 0 atom stereocenters. The van der Waals surface area contributed by atoms with Crippen LogP contribution < -0.4 is 0 Å². The first-order valence-corrected chi connectivity index (χ1v) is 6.68. The van der Waals surface area contributed by atoms with Crippen LogP contribution in [-0.4, -0.2) is 40.3 Å². The van der Waals surface area contributed by atoms with Gasteiger partial charge in [-0.25, -0.2) is 4.98 Å². The maximum Gasteiger partial charge on any atom is 0.274 e. The molecule has 0 spiro atoms. The van der Waals surface area contributed by atoms with E-state index in [1.54, 1.807) is 31.3 Å². The van der Waals surface area contributed by atoms with E-state index in [0.717, 1.165) is 11.8 Å². The van der Waals surface area contributed by atoms with Gasteiger partial charge in [0.2, 0.25) is 0 Å². The Hall–Kier alpha value is -1.53. The van der Waals surface area contributed by atoms with Gasteiger partial charge in [-0.05, 0) is 18.6 Å². The zero-order chi connectivity index (χ0) is 15.3. The van der Waals surface area contributed by atoms with Gasteiger partial charge >= 0.3 is 0 Å². The fraction of sp³-hybridized carbons (Fsp3) is 0.417. The lowest BCUT2D eigenvalue weighted by Crippen LogP contribution is -2.31. The van der Waals surface area contributed by atoms with E-state index < -0.39 is 4.92 Å². The molecule has 0 saturated carbocycles. The summed E-state index contributed by atoms with van der Waals surface area (Å²) in [6.07, 6.45) is 2.59. The third kappa shape index (κ3) is 4.54. The minimum atomic E-state index is -0.467. The van der Waals surface area contributed by atoms with Crippen molar-refractivity contribution < 1.29 is 4.92 Å². The van der Waals surface area contributed by atoms with Crippen molar-refractivity contribution >= 4 is 23.2 Å². The molecule has 1 rings (SSSR count). The van der Waals surface area contributed by atoms with Crippen molar-refractivity contribution in [1.82, 2.24) is 14.8 Å². The Balaban J connectivity index is 3.00. The highest BCUT2D eigenvalue weighted by Crippen LogP contribution is 2.21. The zero-order valence-corrected chi connectivity index (χ0v) is 13.0. The second kappa shape index (κ2) is 7.31. The fourth-order valence-corrected chi connectivity index (χ4v) is 1.99. The van der Waals surface area contributed by atoms with Crippen LogP contribution in [0.5, 0.6) is 0 Å². The molecule has 0 aliphatic heterocycles. The van der Waals surface area contributed by atoms with Crippen LogP contribution in [-0.2, 0) is 6.54 Å². The van der Waals surface area contributed by atoms with Crippen LogP contribution in [0.15, 0.2) is 24.3 Å². The monoisotopic (exact) mass is 318 g/mol. The molecule has 0 aliphatic carbocycles. The molecule has 8 heteroatoms. The summed E-state index contributed by atoms with van der Waals surface area (Å²) in [4.78, 5) is 17.8. The average molecular weight is 319 g/mol. The van der Waals surface area contributed by atoms with Gasteiger partial charge in [-0.1, -0.05) is 23.2 Å². The van der Waals surface area contributed by atoms with Crippen LogP contribution in [0.2, 0.25) is 10.2 Å². The summed E-state index contributed by atoms with van der Waals surface area (Å²) in [6.45, 7) is 2.98. The lowest BCUT2D eigenvalue weighted by Gasteiger charge is -2.28. The molecule has 0 aliphatic rings. The van der Waals surface area contributed by atoms with E-state index in [-0.39, 0.29) is 5.15 Å². The molecule has 6 nitrogen and oxygen atoms in total. The molecule has 0 unspecified atom stereocenters. The topological polar surface area (TPSA) is 62.5 Å². The summed E-state index contributed by atoms with van der Waals surface area (Å²) in [5.74, 6) is 0.503. The molecule has 0 amide bonds. The predicted molar refractivity (Wildman–Crippen MR) is 79.1 cm³/mol. The van der Waals surface area contributed by atoms with Crippen molar-refractivity contribution in [2.75, 3.05) is 20.6 Å². The van der Waals surface area contributed by atoms with Gasteiger partial charge in [-0.15, -0.1) is 0 Å². The largest absolute Gasteiger partial charge is 0.359 e. The molecule has 1 heterocycles. The lowest BCUT2D eigenvalue weighted by atomic mass is 10.2. The van der Waals surface area contributed by atoms with Gasteiger partial charge in [0, 0.05) is 33.4 Å². The number of nitro groups is 1. The van der Waals surface area contributed by atoms with Gasteiger partial charge in [-0.3, -0.25) is 10.1 Å². The Kier molecular flexibility index (Phi) is 6.04. The van der Waals surface area contributed by atoms with Crippen molar-refractivity contribution in [1.29, 1.82) is 0 Å². The van der Waals surface area contributed by atoms with Crippen LogP contribution in [0.3, 0.4) is 0 Å². The highest BCUT2D eigenvalue weighted by Gasteiger charge is 2.15. The standard InChI is InChI=1S/C12H16Cl2N4O2/c1-4-17(11(16(2)3)8-18(19)20)7-9-5-10(13)12(14)15-6-9/h5-6,8H,4,7H2,1-3H3/b11-8+. The summed E-state index contributed by atoms with van der Waals surface area (Å²) in [6, 6.07) is 1.71. The lowest BCUT2D eigenvalue weighted by molar-refractivity contribution is -0.405. The Bertz CT molecular complexity index is 520. The minimum absolute atomic E-state index is 0.243.